The van der Waals surface area contributed by atoms with E-state index in [1.165, 1.54) is 7.11 Å². The number of carbonyl (C=O) groups is 1. The fraction of sp³-hybridized carbons (Fsp3) is 0.308. The minimum atomic E-state index is -0.618. The van der Waals surface area contributed by atoms with E-state index >= 15 is 0 Å². The molecule has 3 rings (SSSR count). The summed E-state index contributed by atoms with van der Waals surface area (Å²) in [6.45, 7) is 4.15. The van der Waals surface area contributed by atoms with Crippen LogP contribution in [-0.4, -0.2) is 19.2 Å². The molecule has 0 aliphatic carbocycles. The summed E-state index contributed by atoms with van der Waals surface area (Å²) < 4.78 is 13.4. The van der Waals surface area contributed by atoms with Gasteiger partial charge in [0.15, 0.2) is 18.5 Å². The molecule has 1 aromatic heterocycles. The van der Waals surface area contributed by atoms with Crippen LogP contribution in [0.2, 0.25) is 0 Å². The van der Waals surface area contributed by atoms with Gasteiger partial charge in [-0.15, -0.1) is 0 Å². The highest BCUT2D eigenvalue weighted by Gasteiger charge is 2.27. The molecule has 2 aromatic carbocycles. The van der Waals surface area contributed by atoms with E-state index < -0.39 is 6.10 Å². The number of pyridine rings is 1. The van der Waals surface area contributed by atoms with Crippen LogP contribution in [0.15, 0.2) is 79.1 Å². The Morgan fingerprint density at radius 1 is 0.900 bits per heavy atom. The van der Waals surface area contributed by atoms with Crippen molar-refractivity contribution in [3.63, 3.8) is 0 Å². The van der Waals surface area contributed by atoms with Crippen molar-refractivity contribution in [2.75, 3.05) is 7.11 Å². The van der Waals surface area contributed by atoms with Gasteiger partial charge in [0.1, 0.15) is 13.2 Å². The Morgan fingerprint density at radius 3 is 2.17 bits per heavy atom. The van der Waals surface area contributed by atoms with Gasteiger partial charge in [-0.25, -0.2) is 9.36 Å². The number of rotatable bonds is 8. The third-order valence-corrected chi connectivity index (χ3v) is 5.04. The maximum absolute atomic E-state index is 12.4. The normalized spacial score (nSPS) is 13.1. The van der Waals surface area contributed by atoms with Crippen molar-refractivity contribution in [3.8, 4) is 11.1 Å². The molecule has 0 saturated carbocycles. The molecule has 4 heteroatoms. The molecule has 1 unspecified atom stereocenters. The molecule has 0 radical (unpaired) electrons. The Hall–Kier alpha value is -2.98. The van der Waals surface area contributed by atoms with Crippen LogP contribution in [0, 0.1) is 5.92 Å². The van der Waals surface area contributed by atoms with E-state index in [1.54, 1.807) is 0 Å². The van der Waals surface area contributed by atoms with Gasteiger partial charge in [0.25, 0.3) is 0 Å². The Morgan fingerprint density at radius 2 is 1.57 bits per heavy atom. The summed E-state index contributed by atoms with van der Waals surface area (Å²) in [5.74, 6) is -0.0234. The first-order valence-corrected chi connectivity index (χ1v) is 10.3. The Balaban J connectivity index is 1.93. The fourth-order valence-corrected chi connectivity index (χ4v) is 3.52. The fourth-order valence-electron chi connectivity index (χ4n) is 3.52. The van der Waals surface area contributed by atoms with Gasteiger partial charge in [-0.05, 0) is 35.1 Å². The van der Waals surface area contributed by atoms with Crippen LogP contribution < -0.4 is 4.57 Å². The van der Waals surface area contributed by atoms with Crippen LogP contribution in [0.3, 0.4) is 0 Å². The predicted molar refractivity (Wildman–Crippen MR) is 118 cm³/mol. The van der Waals surface area contributed by atoms with Crippen molar-refractivity contribution < 1.29 is 18.8 Å². The summed E-state index contributed by atoms with van der Waals surface area (Å²) >= 11 is 0. The number of carbonyl (C=O) groups excluding carboxylic acids is 1. The van der Waals surface area contributed by atoms with Gasteiger partial charge < -0.3 is 9.47 Å². The number of ether oxygens (including phenoxy) is 2. The standard InChI is InChI=1S/C26H30NO3/c1-19(2)17-24(26(28)29-4)30-25(21-9-6-5-7-10-21)22-14-12-20(13-15-22)23-11-8-16-27(3)18-23/h5-16,18-19,24-25H,17H2,1-4H3/q+1/t24-,25?/m0/s1. The second kappa shape index (κ2) is 10.2. The molecule has 0 bridgehead atoms. The largest absolute Gasteiger partial charge is 0.467 e. The number of aryl methyl sites for hydroxylation is 1. The summed E-state index contributed by atoms with van der Waals surface area (Å²) in [4.78, 5) is 12.4. The van der Waals surface area contributed by atoms with Crippen molar-refractivity contribution in [2.45, 2.75) is 32.5 Å². The quantitative estimate of drug-likeness (QED) is 0.397. The highest BCUT2D eigenvalue weighted by molar-refractivity contribution is 5.74. The average molecular weight is 405 g/mol. The lowest BCUT2D eigenvalue weighted by molar-refractivity contribution is -0.671. The first-order valence-electron chi connectivity index (χ1n) is 10.3. The summed E-state index contributed by atoms with van der Waals surface area (Å²) in [5, 5.41) is 0. The molecule has 0 aliphatic rings. The molecule has 1 heterocycles. The van der Waals surface area contributed by atoms with E-state index in [0.29, 0.717) is 12.3 Å². The Bertz CT molecular complexity index is 952. The zero-order valence-corrected chi connectivity index (χ0v) is 18.1. The van der Waals surface area contributed by atoms with Crippen molar-refractivity contribution in [3.05, 3.63) is 90.3 Å². The van der Waals surface area contributed by atoms with Crippen molar-refractivity contribution >= 4 is 5.97 Å². The molecule has 0 amide bonds. The lowest BCUT2D eigenvalue weighted by Gasteiger charge is -2.25. The minimum absolute atomic E-state index is 0.312. The monoisotopic (exact) mass is 404 g/mol. The van der Waals surface area contributed by atoms with Crippen LogP contribution in [0.25, 0.3) is 11.1 Å². The lowest BCUT2D eigenvalue weighted by Crippen LogP contribution is -2.29. The third-order valence-electron chi connectivity index (χ3n) is 5.04. The van der Waals surface area contributed by atoms with Crippen LogP contribution in [0.1, 0.15) is 37.5 Å². The van der Waals surface area contributed by atoms with Gasteiger partial charge in [-0.3, -0.25) is 0 Å². The lowest BCUT2D eigenvalue weighted by atomic mass is 9.97. The molecular formula is C26H30NO3+. The molecule has 30 heavy (non-hydrogen) atoms. The molecule has 4 nitrogen and oxygen atoms in total. The molecule has 3 aromatic rings. The summed E-state index contributed by atoms with van der Waals surface area (Å²) in [6.07, 6.45) is 3.74. The van der Waals surface area contributed by atoms with Gasteiger partial charge in [0.05, 0.1) is 7.11 Å². The molecule has 0 spiro atoms. The second-order valence-electron chi connectivity index (χ2n) is 7.95. The molecule has 156 valence electrons. The number of hydrogen-bond donors (Lipinski definition) is 0. The SMILES string of the molecule is COC(=O)[C@H](CC(C)C)OC(c1ccccc1)c1ccc(-c2ccc[n+](C)c2)cc1. The number of methoxy groups -OCH3 is 1. The van der Waals surface area contributed by atoms with Crippen LogP contribution in [0.5, 0.6) is 0 Å². The van der Waals surface area contributed by atoms with Crippen molar-refractivity contribution in [1.82, 2.24) is 0 Å². The van der Waals surface area contributed by atoms with E-state index in [9.17, 15) is 4.79 Å². The van der Waals surface area contributed by atoms with E-state index in [2.05, 4.69) is 50.4 Å². The molecule has 0 fully saturated rings. The smallest absolute Gasteiger partial charge is 0.335 e. The van der Waals surface area contributed by atoms with Gasteiger partial charge >= 0.3 is 5.97 Å². The maximum Gasteiger partial charge on any atom is 0.335 e. The minimum Gasteiger partial charge on any atom is -0.467 e. The Labute approximate surface area is 179 Å². The van der Waals surface area contributed by atoms with Gasteiger partial charge in [0.2, 0.25) is 0 Å². The number of hydrogen-bond acceptors (Lipinski definition) is 3. The number of nitrogens with zero attached hydrogens (tertiary/aromatic N) is 1. The zero-order chi connectivity index (χ0) is 21.5. The van der Waals surface area contributed by atoms with E-state index in [4.69, 9.17) is 9.47 Å². The predicted octanol–water partition coefficient (Wildman–Crippen LogP) is 4.87. The van der Waals surface area contributed by atoms with E-state index in [1.807, 2.05) is 54.2 Å². The molecule has 2 atom stereocenters. The van der Waals surface area contributed by atoms with Gasteiger partial charge in [0, 0.05) is 11.6 Å². The zero-order valence-electron chi connectivity index (χ0n) is 18.1. The van der Waals surface area contributed by atoms with Crippen molar-refractivity contribution in [2.24, 2.45) is 13.0 Å². The van der Waals surface area contributed by atoms with E-state index in [-0.39, 0.29) is 12.1 Å². The third kappa shape index (κ3) is 5.55. The van der Waals surface area contributed by atoms with Gasteiger partial charge in [-0.1, -0.05) is 68.4 Å². The van der Waals surface area contributed by atoms with Crippen LogP contribution in [0.4, 0.5) is 0 Å². The maximum atomic E-state index is 12.4. The highest BCUT2D eigenvalue weighted by atomic mass is 16.6. The van der Waals surface area contributed by atoms with Gasteiger partial charge in [-0.2, -0.15) is 0 Å². The average Bonchev–Trinajstić information content (AvgIpc) is 2.76. The van der Waals surface area contributed by atoms with Crippen molar-refractivity contribution in [1.29, 1.82) is 0 Å². The first-order chi connectivity index (χ1) is 14.5. The molecule has 0 N–H and O–H groups in total. The number of aromatic nitrogens is 1. The topological polar surface area (TPSA) is 39.4 Å². The van der Waals surface area contributed by atoms with Crippen LogP contribution in [-0.2, 0) is 21.3 Å². The number of esters is 1. The first kappa shape index (κ1) is 21.7. The Kier molecular flexibility index (Phi) is 7.36. The summed E-state index contributed by atoms with van der Waals surface area (Å²) in [6, 6.07) is 22.5. The second-order valence-corrected chi connectivity index (χ2v) is 7.95. The van der Waals surface area contributed by atoms with E-state index in [0.717, 1.165) is 22.3 Å². The highest BCUT2D eigenvalue weighted by Crippen LogP contribution is 2.31. The summed E-state index contributed by atoms with van der Waals surface area (Å²) in [7, 11) is 3.42. The number of benzene rings is 2. The molecular weight excluding hydrogens is 374 g/mol. The summed E-state index contributed by atoms with van der Waals surface area (Å²) in [5.41, 5.74) is 4.29. The molecule has 0 saturated heterocycles. The van der Waals surface area contributed by atoms with Crippen LogP contribution >= 0.6 is 0 Å². The molecule has 0 aliphatic heterocycles.